The second-order valence-electron chi connectivity index (χ2n) is 7.74. The standard InChI is InChI=1S/C26H22N4O2S/c1-2-17-12-14-19(15-13-17)27-22(31)16-33-26-28-21-11-7-6-10-20(21)24-29-23(25(32)30(24)26)18-8-4-3-5-9-18/h3-15,23H,2,16H2,1H3,(H,27,31)/t23-/m1/s1. The van der Waals surface area contributed by atoms with E-state index >= 15 is 0 Å². The van der Waals surface area contributed by atoms with Crippen LogP contribution in [0.5, 0.6) is 0 Å². The van der Waals surface area contributed by atoms with Crippen molar-refractivity contribution in [2.45, 2.75) is 19.4 Å². The van der Waals surface area contributed by atoms with Gasteiger partial charge in [-0.2, -0.15) is 0 Å². The van der Waals surface area contributed by atoms with E-state index in [1.54, 1.807) is 4.90 Å². The number of benzene rings is 3. The van der Waals surface area contributed by atoms with E-state index in [1.807, 2.05) is 78.9 Å². The summed E-state index contributed by atoms with van der Waals surface area (Å²) in [5, 5.41) is 3.37. The van der Waals surface area contributed by atoms with Crippen LogP contribution in [-0.2, 0) is 16.0 Å². The van der Waals surface area contributed by atoms with Crippen molar-refractivity contribution in [3.8, 4) is 0 Å². The second kappa shape index (κ2) is 9.03. The number of hydrogen-bond acceptors (Lipinski definition) is 5. The lowest BCUT2D eigenvalue weighted by atomic mass is 10.1. The lowest BCUT2D eigenvalue weighted by Crippen LogP contribution is -2.40. The van der Waals surface area contributed by atoms with Crippen LogP contribution in [0, 0.1) is 0 Å². The fourth-order valence-corrected chi connectivity index (χ4v) is 4.65. The third kappa shape index (κ3) is 4.19. The Morgan fingerprint density at radius 1 is 1.00 bits per heavy atom. The van der Waals surface area contributed by atoms with E-state index < -0.39 is 6.04 Å². The monoisotopic (exact) mass is 454 g/mol. The van der Waals surface area contributed by atoms with E-state index in [-0.39, 0.29) is 17.6 Å². The summed E-state index contributed by atoms with van der Waals surface area (Å²) in [7, 11) is 0. The van der Waals surface area contributed by atoms with Gasteiger partial charge in [0.1, 0.15) is 5.84 Å². The quantitative estimate of drug-likeness (QED) is 0.593. The maximum absolute atomic E-state index is 13.4. The van der Waals surface area contributed by atoms with Gasteiger partial charge in [-0.25, -0.2) is 14.9 Å². The van der Waals surface area contributed by atoms with Crippen LogP contribution in [0.3, 0.4) is 0 Å². The number of fused-ring (bicyclic) bond motifs is 3. The van der Waals surface area contributed by atoms with Gasteiger partial charge in [0, 0.05) is 11.3 Å². The maximum Gasteiger partial charge on any atom is 0.263 e. The number of amides is 2. The van der Waals surface area contributed by atoms with Crippen molar-refractivity contribution in [2.24, 2.45) is 9.98 Å². The van der Waals surface area contributed by atoms with Crippen LogP contribution >= 0.6 is 11.8 Å². The van der Waals surface area contributed by atoms with Gasteiger partial charge in [-0.1, -0.05) is 73.3 Å². The first-order chi connectivity index (χ1) is 16.1. The highest BCUT2D eigenvalue weighted by Gasteiger charge is 2.42. The molecule has 3 aromatic rings. The molecule has 2 aliphatic heterocycles. The highest BCUT2D eigenvalue weighted by molar-refractivity contribution is 8.14. The van der Waals surface area contributed by atoms with Crippen molar-refractivity contribution in [2.75, 3.05) is 11.1 Å². The molecule has 0 radical (unpaired) electrons. The maximum atomic E-state index is 13.4. The van der Waals surface area contributed by atoms with Gasteiger partial charge in [-0.3, -0.25) is 9.59 Å². The molecule has 0 bridgehead atoms. The number of amidine groups is 2. The van der Waals surface area contributed by atoms with Crippen molar-refractivity contribution < 1.29 is 9.59 Å². The Balaban J connectivity index is 1.37. The van der Waals surface area contributed by atoms with Crippen LogP contribution in [0.1, 0.15) is 29.7 Å². The number of carbonyl (C=O) groups is 2. The van der Waals surface area contributed by atoms with E-state index in [9.17, 15) is 9.59 Å². The molecule has 0 unspecified atom stereocenters. The van der Waals surface area contributed by atoms with Crippen LogP contribution < -0.4 is 5.32 Å². The average Bonchev–Trinajstić information content (AvgIpc) is 3.21. The Bertz CT molecular complexity index is 1270. The van der Waals surface area contributed by atoms with Crippen molar-refractivity contribution in [3.63, 3.8) is 0 Å². The topological polar surface area (TPSA) is 74.1 Å². The first-order valence-electron chi connectivity index (χ1n) is 10.8. The molecule has 0 spiro atoms. The number of anilines is 1. The van der Waals surface area contributed by atoms with Gasteiger partial charge in [0.15, 0.2) is 11.2 Å². The molecule has 1 atom stereocenters. The molecule has 0 saturated carbocycles. The number of nitrogens with zero attached hydrogens (tertiary/aromatic N) is 3. The number of aliphatic imine (C=N–C) groups is 2. The van der Waals surface area contributed by atoms with Crippen molar-refractivity contribution in [3.05, 3.63) is 95.6 Å². The third-order valence-electron chi connectivity index (χ3n) is 5.56. The van der Waals surface area contributed by atoms with Crippen LogP contribution in [-0.4, -0.2) is 33.5 Å². The summed E-state index contributed by atoms with van der Waals surface area (Å²) in [6.07, 6.45) is 0.948. The van der Waals surface area contributed by atoms with E-state index in [4.69, 9.17) is 9.98 Å². The molecule has 1 N–H and O–H groups in total. The molecule has 2 amide bonds. The van der Waals surface area contributed by atoms with Crippen LogP contribution in [0.4, 0.5) is 11.4 Å². The largest absolute Gasteiger partial charge is 0.325 e. The first kappa shape index (κ1) is 21.2. The number of rotatable bonds is 5. The minimum absolute atomic E-state index is 0.129. The summed E-state index contributed by atoms with van der Waals surface area (Å²) in [4.78, 5) is 37.0. The fourth-order valence-electron chi connectivity index (χ4n) is 3.85. The molecule has 2 aliphatic rings. The van der Waals surface area contributed by atoms with E-state index in [1.165, 1.54) is 17.3 Å². The summed E-state index contributed by atoms with van der Waals surface area (Å²) in [5.41, 5.74) is 4.35. The number of hydrogen-bond donors (Lipinski definition) is 1. The predicted molar refractivity (Wildman–Crippen MR) is 133 cm³/mol. The summed E-state index contributed by atoms with van der Waals surface area (Å²) >= 11 is 1.24. The summed E-state index contributed by atoms with van der Waals surface area (Å²) < 4.78 is 0. The Labute approximate surface area is 196 Å². The molecule has 164 valence electrons. The zero-order valence-electron chi connectivity index (χ0n) is 18.1. The molecule has 33 heavy (non-hydrogen) atoms. The Kier molecular flexibility index (Phi) is 5.79. The van der Waals surface area contributed by atoms with Crippen LogP contribution in [0.15, 0.2) is 88.8 Å². The first-order valence-corrected chi connectivity index (χ1v) is 11.8. The molecule has 2 heterocycles. The van der Waals surface area contributed by atoms with Gasteiger partial charge in [0.25, 0.3) is 5.91 Å². The third-order valence-corrected chi connectivity index (χ3v) is 6.50. The zero-order chi connectivity index (χ0) is 22.8. The molecule has 0 fully saturated rings. The molecule has 5 rings (SSSR count). The van der Waals surface area contributed by atoms with Gasteiger partial charge in [-0.05, 0) is 41.8 Å². The van der Waals surface area contributed by atoms with Gasteiger partial charge in [0.2, 0.25) is 5.91 Å². The Morgan fingerprint density at radius 3 is 2.48 bits per heavy atom. The predicted octanol–water partition coefficient (Wildman–Crippen LogP) is 4.95. The number of carbonyl (C=O) groups excluding carboxylic acids is 2. The van der Waals surface area contributed by atoms with Gasteiger partial charge < -0.3 is 5.32 Å². The normalized spacial score (nSPS) is 16.6. The van der Waals surface area contributed by atoms with Crippen LogP contribution in [0.2, 0.25) is 0 Å². The Hall–Kier alpha value is -3.71. The number of aryl methyl sites for hydroxylation is 1. The SMILES string of the molecule is CCc1ccc(NC(=O)CSC2=Nc3ccccc3C3=N[C@H](c4ccccc4)C(=O)N23)cc1. The minimum atomic E-state index is -0.621. The van der Waals surface area contributed by atoms with Crippen molar-refractivity contribution >= 4 is 46.0 Å². The summed E-state index contributed by atoms with van der Waals surface area (Å²) in [6, 6.07) is 24.3. The zero-order valence-corrected chi connectivity index (χ0v) is 18.9. The highest BCUT2D eigenvalue weighted by Crippen LogP contribution is 2.37. The number of thioether (sulfide) groups is 1. The van der Waals surface area contributed by atoms with E-state index in [0.29, 0.717) is 11.0 Å². The van der Waals surface area contributed by atoms with Gasteiger partial charge in [-0.15, -0.1) is 0 Å². The molecule has 3 aromatic carbocycles. The molecular weight excluding hydrogens is 432 g/mol. The molecule has 0 aromatic heterocycles. The van der Waals surface area contributed by atoms with Crippen LogP contribution in [0.25, 0.3) is 0 Å². The molecule has 0 aliphatic carbocycles. The second-order valence-corrected chi connectivity index (χ2v) is 8.68. The van der Waals surface area contributed by atoms with Crippen molar-refractivity contribution in [1.29, 1.82) is 0 Å². The fraction of sp³-hybridized carbons (Fsp3) is 0.154. The molecule has 0 saturated heterocycles. The number of nitrogens with one attached hydrogen (secondary N) is 1. The summed E-state index contributed by atoms with van der Waals surface area (Å²) in [5.74, 6) is 0.393. The Morgan fingerprint density at radius 2 is 1.73 bits per heavy atom. The van der Waals surface area contributed by atoms with E-state index in [2.05, 4.69) is 12.2 Å². The number of para-hydroxylation sites is 1. The van der Waals surface area contributed by atoms with Gasteiger partial charge in [0.05, 0.1) is 11.4 Å². The molecule has 7 heteroatoms. The van der Waals surface area contributed by atoms with E-state index in [0.717, 1.165) is 28.9 Å². The lowest BCUT2D eigenvalue weighted by Gasteiger charge is -2.25. The molecular formula is C26H22N4O2S. The molecule has 6 nitrogen and oxygen atoms in total. The summed E-state index contributed by atoms with van der Waals surface area (Å²) in [6.45, 7) is 2.09. The smallest absolute Gasteiger partial charge is 0.263 e. The highest BCUT2D eigenvalue weighted by atomic mass is 32.2. The average molecular weight is 455 g/mol. The minimum Gasteiger partial charge on any atom is -0.325 e. The van der Waals surface area contributed by atoms with Gasteiger partial charge >= 0.3 is 0 Å². The van der Waals surface area contributed by atoms with Crippen molar-refractivity contribution in [1.82, 2.24) is 4.90 Å². The lowest BCUT2D eigenvalue weighted by molar-refractivity contribution is -0.124.